The molecule has 0 radical (unpaired) electrons. The molecule has 3 nitrogen and oxygen atoms in total. The minimum Gasteiger partial charge on any atom is -0.382 e. The van der Waals surface area contributed by atoms with Crippen molar-refractivity contribution in [1.29, 1.82) is 0 Å². The zero-order chi connectivity index (χ0) is 14.8. The van der Waals surface area contributed by atoms with Gasteiger partial charge < -0.3 is 4.18 Å². The minimum atomic E-state index is -3.68. The van der Waals surface area contributed by atoms with E-state index in [-0.39, 0.29) is 5.75 Å². The highest BCUT2D eigenvalue weighted by Gasteiger charge is 2.15. The standard InChI is InChI=1S/C15H15ClO3S/c1-11-8-14(9-12(2)15(11)16)19-20(17,18)10-13-6-4-3-5-7-13/h3-9H,10H2,1-2H3. The van der Waals surface area contributed by atoms with Gasteiger partial charge in [-0.1, -0.05) is 41.9 Å². The van der Waals surface area contributed by atoms with Crippen LogP contribution in [0.2, 0.25) is 5.02 Å². The first-order valence-corrected chi connectivity index (χ1v) is 8.06. The molecule has 0 aromatic heterocycles. The molecule has 2 rings (SSSR count). The van der Waals surface area contributed by atoms with Crippen LogP contribution in [0.5, 0.6) is 5.75 Å². The van der Waals surface area contributed by atoms with Gasteiger partial charge in [0, 0.05) is 5.02 Å². The summed E-state index contributed by atoms with van der Waals surface area (Å²) in [4.78, 5) is 0. The quantitative estimate of drug-likeness (QED) is 0.805. The molecular weight excluding hydrogens is 296 g/mol. The van der Waals surface area contributed by atoms with Crippen LogP contribution >= 0.6 is 11.6 Å². The fourth-order valence-corrected chi connectivity index (χ4v) is 3.07. The van der Waals surface area contributed by atoms with E-state index in [9.17, 15) is 8.42 Å². The van der Waals surface area contributed by atoms with Crippen molar-refractivity contribution in [3.63, 3.8) is 0 Å². The summed E-state index contributed by atoms with van der Waals surface area (Å²) in [6, 6.07) is 12.2. The van der Waals surface area contributed by atoms with Crippen LogP contribution in [-0.4, -0.2) is 8.42 Å². The van der Waals surface area contributed by atoms with Crippen LogP contribution < -0.4 is 4.18 Å². The molecule has 5 heteroatoms. The Kier molecular flexibility index (Phi) is 4.35. The van der Waals surface area contributed by atoms with Crippen LogP contribution in [0, 0.1) is 13.8 Å². The maximum atomic E-state index is 12.0. The first-order chi connectivity index (χ1) is 9.37. The van der Waals surface area contributed by atoms with Gasteiger partial charge >= 0.3 is 10.1 Å². The highest BCUT2D eigenvalue weighted by molar-refractivity contribution is 7.86. The van der Waals surface area contributed by atoms with Crippen molar-refractivity contribution < 1.29 is 12.6 Å². The van der Waals surface area contributed by atoms with Crippen LogP contribution in [0.3, 0.4) is 0 Å². The molecule has 2 aromatic carbocycles. The molecule has 106 valence electrons. The van der Waals surface area contributed by atoms with Crippen LogP contribution in [-0.2, 0) is 15.9 Å². The molecule has 0 N–H and O–H groups in total. The Labute approximate surface area is 124 Å². The molecule has 0 aliphatic carbocycles. The largest absolute Gasteiger partial charge is 0.382 e. The number of hydrogen-bond donors (Lipinski definition) is 0. The highest BCUT2D eigenvalue weighted by Crippen LogP contribution is 2.27. The average Bonchev–Trinajstić information content (AvgIpc) is 2.36. The fourth-order valence-electron chi connectivity index (χ4n) is 1.91. The zero-order valence-corrected chi connectivity index (χ0v) is 12.8. The van der Waals surface area contributed by atoms with Crippen LogP contribution in [0.15, 0.2) is 42.5 Å². The van der Waals surface area contributed by atoms with Gasteiger partial charge in [-0.25, -0.2) is 0 Å². The van der Waals surface area contributed by atoms with Crippen LogP contribution in [0.25, 0.3) is 0 Å². The smallest absolute Gasteiger partial charge is 0.313 e. The van der Waals surface area contributed by atoms with Gasteiger partial charge in [0.15, 0.2) is 0 Å². The van der Waals surface area contributed by atoms with Gasteiger partial charge in [-0.15, -0.1) is 0 Å². The highest BCUT2D eigenvalue weighted by atomic mass is 35.5. The molecule has 0 spiro atoms. The maximum Gasteiger partial charge on any atom is 0.313 e. The second-order valence-electron chi connectivity index (χ2n) is 4.64. The van der Waals surface area contributed by atoms with Gasteiger partial charge in [-0.2, -0.15) is 8.42 Å². The van der Waals surface area contributed by atoms with E-state index in [4.69, 9.17) is 15.8 Å². The lowest BCUT2D eigenvalue weighted by Gasteiger charge is -2.10. The number of aryl methyl sites for hydroxylation is 2. The third-order valence-corrected chi connectivity index (χ3v) is 4.55. The van der Waals surface area contributed by atoms with Gasteiger partial charge in [-0.3, -0.25) is 0 Å². The summed E-state index contributed by atoms with van der Waals surface area (Å²) in [6.07, 6.45) is 0. The van der Waals surface area contributed by atoms with E-state index in [1.54, 1.807) is 36.4 Å². The topological polar surface area (TPSA) is 43.4 Å². The van der Waals surface area contributed by atoms with Gasteiger partial charge in [-0.05, 0) is 42.7 Å². The van der Waals surface area contributed by atoms with Gasteiger partial charge in [0.2, 0.25) is 0 Å². The summed E-state index contributed by atoms with van der Waals surface area (Å²) in [6.45, 7) is 3.62. The Balaban J connectivity index is 2.21. The second-order valence-corrected chi connectivity index (χ2v) is 6.59. The maximum absolute atomic E-state index is 12.0. The predicted octanol–water partition coefficient (Wildman–Crippen LogP) is 3.87. The Bertz CT molecular complexity index is 686. The summed E-state index contributed by atoms with van der Waals surface area (Å²) in [5.74, 6) is 0.134. The van der Waals surface area contributed by atoms with Crippen molar-refractivity contribution in [3.8, 4) is 5.75 Å². The molecule has 0 fully saturated rings. The Morgan fingerprint density at radius 2 is 1.60 bits per heavy atom. The Morgan fingerprint density at radius 1 is 1.05 bits per heavy atom. The van der Waals surface area contributed by atoms with Crippen LogP contribution in [0.4, 0.5) is 0 Å². The Hall–Kier alpha value is -1.52. The summed E-state index contributed by atoms with van der Waals surface area (Å²) < 4.78 is 29.2. The van der Waals surface area contributed by atoms with Crippen molar-refractivity contribution in [1.82, 2.24) is 0 Å². The van der Waals surface area contributed by atoms with E-state index in [2.05, 4.69) is 0 Å². The van der Waals surface area contributed by atoms with E-state index < -0.39 is 10.1 Å². The molecule has 20 heavy (non-hydrogen) atoms. The van der Waals surface area contributed by atoms with Crippen LogP contribution in [0.1, 0.15) is 16.7 Å². The third kappa shape index (κ3) is 3.74. The average molecular weight is 311 g/mol. The van der Waals surface area contributed by atoms with Gasteiger partial charge in [0.25, 0.3) is 0 Å². The zero-order valence-electron chi connectivity index (χ0n) is 11.3. The van der Waals surface area contributed by atoms with Crippen molar-refractivity contribution in [2.75, 3.05) is 0 Å². The van der Waals surface area contributed by atoms with Crippen molar-refractivity contribution >= 4 is 21.7 Å². The van der Waals surface area contributed by atoms with E-state index in [1.165, 1.54) is 0 Å². The normalized spacial score (nSPS) is 11.3. The molecule has 0 heterocycles. The lowest BCUT2D eigenvalue weighted by Crippen LogP contribution is -2.12. The van der Waals surface area contributed by atoms with E-state index in [0.717, 1.165) is 11.1 Å². The molecule has 0 unspecified atom stereocenters. The van der Waals surface area contributed by atoms with E-state index in [0.29, 0.717) is 16.3 Å². The molecule has 0 saturated heterocycles. The molecule has 0 aliphatic rings. The number of halogens is 1. The lowest BCUT2D eigenvalue weighted by molar-refractivity contribution is 0.484. The van der Waals surface area contributed by atoms with Gasteiger partial charge in [0.1, 0.15) is 11.5 Å². The SMILES string of the molecule is Cc1cc(OS(=O)(=O)Cc2ccccc2)cc(C)c1Cl. The molecule has 0 atom stereocenters. The number of rotatable bonds is 4. The molecule has 0 amide bonds. The molecule has 0 bridgehead atoms. The van der Waals surface area contributed by atoms with E-state index >= 15 is 0 Å². The predicted molar refractivity (Wildman–Crippen MR) is 80.6 cm³/mol. The third-order valence-electron chi connectivity index (χ3n) is 2.82. The van der Waals surface area contributed by atoms with Crippen molar-refractivity contribution in [3.05, 3.63) is 64.2 Å². The summed E-state index contributed by atoms with van der Waals surface area (Å²) in [7, 11) is -3.68. The first-order valence-electron chi connectivity index (χ1n) is 6.10. The monoisotopic (exact) mass is 310 g/mol. The molecule has 0 saturated carbocycles. The summed E-state index contributed by atoms with van der Waals surface area (Å²) in [5, 5.41) is 0.623. The number of benzene rings is 2. The van der Waals surface area contributed by atoms with Crippen molar-refractivity contribution in [2.45, 2.75) is 19.6 Å². The fraction of sp³-hybridized carbons (Fsp3) is 0.200. The minimum absolute atomic E-state index is 0.158. The molecular formula is C15H15ClO3S. The van der Waals surface area contributed by atoms with E-state index in [1.807, 2.05) is 19.9 Å². The Morgan fingerprint density at radius 3 is 2.15 bits per heavy atom. The first kappa shape index (κ1) is 14.9. The second kappa shape index (κ2) is 5.85. The molecule has 2 aromatic rings. The summed E-state index contributed by atoms with van der Waals surface area (Å²) in [5.41, 5.74) is 2.27. The lowest BCUT2D eigenvalue weighted by atomic mass is 10.1. The molecule has 0 aliphatic heterocycles. The van der Waals surface area contributed by atoms with Crippen molar-refractivity contribution in [2.24, 2.45) is 0 Å². The summed E-state index contributed by atoms with van der Waals surface area (Å²) >= 11 is 6.05. The van der Waals surface area contributed by atoms with Gasteiger partial charge in [0.05, 0.1) is 0 Å². The number of hydrogen-bond acceptors (Lipinski definition) is 3.